The van der Waals surface area contributed by atoms with E-state index in [4.69, 9.17) is 9.26 Å². The molecule has 0 spiro atoms. The first-order valence-electron chi connectivity index (χ1n) is 8.17. The molecule has 25 heavy (non-hydrogen) atoms. The van der Waals surface area contributed by atoms with Crippen LogP contribution in [0, 0.1) is 6.92 Å². The number of aromatic nitrogens is 1. The Labute approximate surface area is 146 Å². The predicted molar refractivity (Wildman–Crippen MR) is 89.4 cm³/mol. The minimum absolute atomic E-state index is 0.0179. The molecule has 134 valence electrons. The number of hydrogen-bond acceptors (Lipinski definition) is 6. The number of esters is 1. The first-order valence-corrected chi connectivity index (χ1v) is 9.61. The number of nitrogens with zero attached hydrogens (tertiary/aromatic N) is 2. The molecule has 1 fully saturated rings. The molecule has 1 aromatic carbocycles. The van der Waals surface area contributed by atoms with E-state index in [-0.39, 0.29) is 17.1 Å². The van der Waals surface area contributed by atoms with Crippen molar-refractivity contribution in [3.8, 4) is 0 Å². The summed E-state index contributed by atoms with van der Waals surface area (Å²) in [7, 11) is -3.72. The molecule has 0 bridgehead atoms. The number of aryl methyl sites for hydroxylation is 1. The normalized spacial score (nSPS) is 15.9. The molecule has 2 heterocycles. The van der Waals surface area contributed by atoms with E-state index in [0.717, 1.165) is 19.3 Å². The van der Waals surface area contributed by atoms with Gasteiger partial charge in [0.25, 0.3) is 0 Å². The van der Waals surface area contributed by atoms with Crippen molar-refractivity contribution in [1.82, 2.24) is 9.46 Å². The Balaban J connectivity index is 1.81. The van der Waals surface area contributed by atoms with Gasteiger partial charge in [0, 0.05) is 19.2 Å². The van der Waals surface area contributed by atoms with Gasteiger partial charge >= 0.3 is 5.97 Å². The second-order valence-corrected chi connectivity index (χ2v) is 7.88. The smallest absolute Gasteiger partial charge is 0.339 e. The molecular formula is C17H20N2O5S. The van der Waals surface area contributed by atoms with Crippen LogP contribution in [-0.2, 0) is 21.4 Å². The molecule has 0 aliphatic carbocycles. The summed E-state index contributed by atoms with van der Waals surface area (Å²) < 4.78 is 37.4. The fourth-order valence-electron chi connectivity index (χ4n) is 2.80. The third-order valence-corrected chi connectivity index (χ3v) is 6.02. The Kier molecular flexibility index (Phi) is 5.19. The zero-order chi connectivity index (χ0) is 17.9. The maximum atomic E-state index is 12.9. The van der Waals surface area contributed by atoms with Crippen LogP contribution in [0.3, 0.4) is 0 Å². The van der Waals surface area contributed by atoms with Gasteiger partial charge in [-0.05, 0) is 31.9 Å². The first kappa shape index (κ1) is 17.6. The minimum Gasteiger partial charge on any atom is -0.454 e. The molecule has 0 saturated carbocycles. The zero-order valence-electron chi connectivity index (χ0n) is 14.0. The number of sulfonamides is 1. The zero-order valence-corrected chi connectivity index (χ0v) is 14.8. The lowest BCUT2D eigenvalue weighted by atomic mass is 10.2. The molecule has 1 aromatic heterocycles. The van der Waals surface area contributed by atoms with Crippen molar-refractivity contribution < 1.29 is 22.5 Å². The number of carbonyl (C=O) groups is 1. The van der Waals surface area contributed by atoms with Gasteiger partial charge in [-0.15, -0.1) is 0 Å². The van der Waals surface area contributed by atoms with Crippen molar-refractivity contribution in [1.29, 1.82) is 0 Å². The molecule has 1 aliphatic rings. The van der Waals surface area contributed by atoms with Crippen LogP contribution < -0.4 is 0 Å². The van der Waals surface area contributed by atoms with E-state index in [9.17, 15) is 13.2 Å². The summed E-state index contributed by atoms with van der Waals surface area (Å²) >= 11 is 0. The van der Waals surface area contributed by atoms with Crippen molar-refractivity contribution in [2.75, 3.05) is 13.1 Å². The quantitative estimate of drug-likeness (QED) is 0.757. The Hall–Kier alpha value is -2.19. The van der Waals surface area contributed by atoms with Crippen LogP contribution in [0.5, 0.6) is 0 Å². The lowest BCUT2D eigenvalue weighted by molar-refractivity contribution is 0.0432. The number of carbonyl (C=O) groups excluding carboxylic acids is 1. The van der Waals surface area contributed by atoms with Crippen molar-refractivity contribution >= 4 is 16.0 Å². The Bertz CT molecular complexity index is 853. The molecule has 0 radical (unpaired) electrons. The lowest BCUT2D eigenvalue weighted by Gasteiger charge is -2.26. The highest BCUT2D eigenvalue weighted by Gasteiger charge is 2.30. The van der Waals surface area contributed by atoms with Gasteiger partial charge in [-0.1, -0.05) is 23.7 Å². The fraction of sp³-hybridized carbons (Fsp3) is 0.412. The van der Waals surface area contributed by atoms with E-state index >= 15 is 0 Å². The maximum absolute atomic E-state index is 12.9. The Morgan fingerprint density at radius 1 is 1.24 bits per heavy atom. The molecule has 0 atom stereocenters. The van der Waals surface area contributed by atoms with Gasteiger partial charge in [0.2, 0.25) is 10.0 Å². The SMILES string of the molecule is Cc1cc(COC(=O)c2ccccc2S(=O)(=O)N2CCCCC2)on1. The van der Waals surface area contributed by atoms with Crippen molar-refractivity contribution in [2.24, 2.45) is 0 Å². The third-order valence-electron chi connectivity index (χ3n) is 4.06. The second kappa shape index (κ2) is 7.37. The minimum atomic E-state index is -3.72. The standard InChI is InChI=1S/C17H20N2O5S/c1-13-11-14(24-18-13)12-23-17(20)15-7-3-4-8-16(15)25(21,22)19-9-5-2-6-10-19/h3-4,7-8,11H,2,5-6,9-10,12H2,1H3. The molecule has 8 heteroatoms. The van der Waals surface area contributed by atoms with Crippen LogP contribution in [0.1, 0.15) is 41.1 Å². The van der Waals surface area contributed by atoms with E-state index < -0.39 is 16.0 Å². The van der Waals surface area contributed by atoms with Gasteiger partial charge < -0.3 is 9.26 Å². The largest absolute Gasteiger partial charge is 0.454 e. The Morgan fingerprint density at radius 2 is 1.96 bits per heavy atom. The van der Waals surface area contributed by atoms with Crippen LogP contribution >= 0.6 is 0 Å². The van der Waals surface area contributed by atoms with Gasteiger partial charge in [-0.25, -0.2) is 13.2 Å². The number of piperidine rings is 1. The van der Waals surface area contributed by atoms with E-state index in [2.05, 4.69) is 5.16 Å². The fourth-order valence-corrected chi connectivity index (χ4v) is 4.50. The highest BCUT2D eigenvalue weighted by molar-refractivity contribution is 7.89. The molecular weight excluding hydrogens is 344 g/mol. The summed E-state index contributed by atoms with van der Waals surface area (Å²) in [5.74, 6) is -0.299. The average molecular weight is 364 g/mol. The van der Waals surface area contributed by atoms with E-state index in [0.29, 0.717) is 24.5 Å². The lowest BCUT2D eigenvalue weighted by Crippen LogP contribution is -2.36. The monoisotopic (exact) mass is 364 g/mol. The number of ether oxygens (including phenoxy) is 1. The highest BCUT2D eigenvalue weighted by atomic mass is 32.2. The molecule has 2 aromatic rings. The van der Waals surface area contributed by atoms with Crippen molar-refractivity contribution in [2.45, 2.75) is 37.7 Å². The molecule has 3 rings (SSSR count). The van der Waals surface area contributed by atoms with E-state index in [1.54, 1.807) is 25.1 Å². The summed E-state index contributed by atoms with van der Waals surface area (Å²) in [6.07, 6.45) is 2.68. The van der Waals surface area contributed by atoms with Crippen molar-refractivity contribution in [3.63, 3.8) is 0 Å². The predicted octanol–water partition coefficient (Wildman–Crippen LogP) is 2.51. The summed E-state index contributed by atoms with van der Waals surface area (Å²) in [6.45, 7) is 2.61. The van der Waals surface area contributed by atoms with Gasteiger partial charge in [-0.2, -0.15) is 4.31 Å². The molecule has 0 N–H and O–H groups in total. The first-order chi connectivity index (χ1) is 12.0. The topological polar surface area (TPSA) is 89.7 Å². The van der Waals surface area contributed by atoms with Gasteiger partial charge in [0.05, 0.1) is 16.2 Å². The maximum Gasteiger partial charge on any atom is 0.339 e. The van der Waals surface area contributed by atoms with Crippen LogP contribution in [0.4, 0.5) is 0 Å². The van der Waals surface area contributed by atoms with Crippen LogP contribution in [-0.4, -0.2) is 36.9 Å². The number of hydrogen-bond donors (Lipinski definition) is 0. The van der Waals surface area contributed by atoms with Crippen molar-refractivity contribution in [3.05, 3.63) is 47.3 Å². The second-order valence-electron chi connectivity index (χ2n) is 5.97. The van der Waals surface area contributed by atoms with E-state index in [1.165, 1.54) is 16.4 Å². The summed E-state index contributed by atoms with van der Waals surface area (Å²) in [5.41, 5.74) is 0.712. The molecule has 7 nitrogen and oxygen atoms in total. The molecule has 1 saturated heterocycles. The molecule has 1 aliphatic heterocycles. The van der Waals surface area contributed by atoms with Crippen LogP contribution in [0.25, 0.3) is 0 Å². The van der Waals surface area contributed by atoms with Gasteiger partial charge in [-0.3, -0.25) is 0 Å². The van der Waals surface area contributed by atoms with E-state index in [1.807, 2.05) is 0 Å². The third kappa shape index (κ3) is 3.91. The number of rotatable bonds is 5. The van der Waals surface area contributed by atoms with Gasteiger partial charge in [0.1, 0.15) is 0 Å². The number of benzene rings is 1. The summed E-state index contributed by atoms with van der Waals surface area (Å²) in [5, 5.41) is 3.72. The molecule has 0 amide bonds. The average Bonchev–Trinajstić information content (AvgIpc) is 3.06. The summed E-state index contributed by atoms with van der Waals surface area (Å²) in [6, 6.07) is 7.78. The molecule has 0 unspecified atom stereocenters. The Morgan fingerprint density at radius 3 is 2.64 bits per heavy atom. The van der Waals surface area contributed by atoms with Crippen LogP contribution in [0.15, 0.2) is 39.8 Å². The van der Waals surface area contributed by atoms with Crippen LogP contribution in [0.2, 0.25) is 0 Å². The summed E-state index contributed by atoms with van der Waals surface area (Å²) in [4.78, 5) is 12.4. The highest BCUT2D eigenvalue weighted by Crippen LogP contribution is 2.24. The van der Waals surface area contributed by atoms with Gasteiger partial charge in [0.15, 0.2) is 12.4 Å².